The van der Waals surface area contributed by atoms with Crippen LogP contribution in [0.1, 0.15) is 55.4 Å². The highest BCUT2D eigenvalue weighted by Gasteiger charge is 2.65. The van der Waals surface area contributed by atoms with E-state index in [1.54, 1.807) is 0 Å². The van der Waals surface area contributed by atoms with Crippen molar-refractivity contribution < 1.29 is 301 Å². The van der Waals surface area contributed by atoms with Crippen LogP contribution in [0.25, 0.3) is 0 Å². The summed E-state index contributed by atoms with van der Waals surface area (Å²) >= 11 is 0. The summed E-state index contributed by atoms with van der Waals surface area (Å²) in [6.45, 7) is -1.21. The van der Waals surface area contributed by atoms with Gasteiger partial charge in [-0.05, 0) is 34.6 Å². The van der Waals surface area contributed by atoms with E-state index >= 15 is 0 Å². The van der Waals surface area contributed by atoms with Gasteiger partial charge in [0.25, 0.3) is 0 Å². The van der Waals surface area contributed by atoms with Crippen LogP contribution in [0, 0.1) is 0 Å². The minimum absolute atomic E-state index is 0.878. The first-order chi connectivity index (χ1) is 69.9. The molecule has 13 aliphatic heterocycles. The van der Waals surface area contributed by atoms with Crippen molar-refractivity contribution in [1.82, 2.24) is 16.0 Å². The van der Waals surface area contributed by atoms with Gasteiger partial charge < -0.3 is 303 Å². The van der Waals surface area contributed by atoms with Crippen LogP contribution < -0.4 is 16.0 Å². The van der Waals surface area contributed by atoms with Crippen LogP contribution in [-0.4, -0.2) is 638 Å². The van der Waals surface area contributed by atoms with Gasteiger partial charge in [0.05, 0.1) is 83.4 Å². The largest absolute Gasteiger partial charge is 0.394 e. The number of amides is 3. The van der Waals surface area contributed by atoms with Crippen LogP contribution in [0.5, 0.6) is 0 Å². The first-order valence-electron chi connectivity index (χ1n) is 48.0. The quantitative estimate of drug-likeness (QED) is 0.0280. The Morgan fingerprint density at radius 3 is 0.709 bits per heavy atom. The van der Waals surface area contributed by atoms with E-state index in [4.69, 9.17) is 118 Å². The van der Waals surface area contributed by atoms with E-state index in [9.17, 15) is 183 Å². The Morgan fingerprint density at radius 1 is 0.189 bits per heavy atom. The van der Waals surface area contributed by atoms with E-state index in [0.29, 0.717) is 0 Å². The molecule has 0 aromatic heterocycles. The van der Waals surface area contributed by atoms with Gasteiger partial charge in [-0.25, -0.2) is 0 Å². The predicted octanol–water partition coefficient (Wildman–Crippen LogP) is -23.8. The number of aliphatic hydroxyl groups is 33. The van der Waals surface area contributed by atoms with Gasteiger partial charge in [0, 0.05) is 20.8 Å². The third-order valence-corrected chi connectivity index (χ3v) is 28.2. The summed E-state index contributed by atoms with van der Waals surface area (Å²) in [5.41, 5.74) is 0. The normalized spacial score (nSPS) is 52.6. The van der Waals surface area contributed by atoms with Crippen molar-refractivity contribution >= 4 is 17.7 Å². The van der Waals surface area contributed by atoms with Gasteiger partial charge in [0.15, 0.2) is 81.8 Å². The third-order valence-electron chi connectivity index (χ3n) is 28.2. The molecule has 13 saturated heterocycles. The summed E-state index contributed by atoms with van der Waals surface area (Å²) < 4.78 is 153. The molecule has 64 heteroatoms. The van der Waals surface area contributed by atoms with Crippen molar-refractivity contribution in [3.05, 3.63) is 0 Å². The van der Waals surface area contributed by atoms with Crippen LogP contribution in [-0.2, 0) is 133 Å². The molecule has 0 spiro atoms. The second-order valence-electron chi connectivity index (χ2n) is 38.6. The number of rotatable bonds is 35. The molecule has 13 fully saturated rings. The maximum absolute atomic E-state index is 14.0. The highest BCUT2D eigenvalue weighted by atomic mass is 16.8. The second kappa shape index (κ2) is 51.8. The summed E-state index contributed by atoms with van der Waals surface area (Å²) in [4.78, 5) is 41.6. The van der Waals surface area contributed by atoms with Crippen molar-refractivity contribution in [2.75, 3.05) is 52.9 Å². The molecule has 2 unspecified atom stereocenters. The molecule has 65 atom stereocenters. The van der Waals surface area contributed by atoms with Gasteiger partial charge in [-0.2, -0.15) is 0 Å². The molecular formula is C84H141N3O61. The lowest BCUT2D eigenvalue weighted by Gasteiger charge is -2.52. The van der Waals surface area contributed by atoms with Crippen LogP contribution in [0.4, 0.5) is 0 Å². The molecule has 13 heterocycles. The topological polar surface area (TPSA) is 986 Å². The van der Waals surface area contributed by atoms with Crippen molar-refractivity contribution in [3.8, 4) is 0 Å². The average molecular weight is 2170 g/mol. The van der Waals surface area contributed by atoms with E-state index in [1.807, 2.05) is 0 Å². The molecule has 3 amide bonds. The number of aliphatic hydroxyl groups excluding tert-OH is 33. The molecule has 36 N–H and O–H groups in total. The van der Waals surface area contributed by atoms with Crippen LogP contribution in [0.15, 0.2) is 0 Å². The summed E-state index contributed by atoms with van der Waals surface area (Å²) in [6, 6.07) is -6.43. The molecule has 0 bridgehead atoms. The van der Waals surface area contributed by atoms with Gasteiger partial charge >= 0.3 is 0 Å². The van der Waals surface area contributed by atoms with Crippen molar-refractivity contribution in [3.63, 3.8) is 0 Å². The standard InChI is InChI=1S/C84H141N3O61/c1-17-36(98)45(107)54(116)76(125-17)142-65-33(85-22(6)95)73(134-29(13-92)62(65)139-81-59(121)68(43(105)27(11-90)131-81)145-74-34(86-23(7)96)66(143-77-55(117)46(108)37(99)18(2)126-77)63(30(14-93)135-74)140-83-70(50(112)41(103)25(9-88)132-83)147-79-57(119)48(110)39(101)20(4)128-79)124-16-32-44(106)69(60(122)82(137-32)138-61-28(12-91)130-72(123)53(115)52(61)114)146-75-35(87-24(8)97)67(144-78-56(118)47(109)38(100)19(3)127-78)64(31(15-94)136-75)141-84-71(51(113)42(104)26(10-89)133-84)148-80-58(120)49(111)40(102)21(5)129-80/h17-21,25-84,88-94,98-123H,9-16H2,1-8H3,(H,85,95)(H,86,96)(H,87,97)/t17-,18-,19-,20-,21-,25+,26+,27+,28+,29+,30+,31+,32+,33+,34+,35+,36+,37+,38+,39+,40+,41-,42-,43-,44-,45+,46+,47+,48+,49+,50-,51-,52+,53+,54-,55-,56-,57-,58-,59+,60+,61+,62+,63+,64+,65+,66+,67+,68-,69-,70+,71+,72?,73+,74-,75-,76-,77-,78-,79-,80-,81?,82-,83-,84-/m0/s1. The minimum atomic E-state index is -2.61. The number of hydrogen-bond donors (Lipinski definition) is 36. The molecule has 0 radical (unpaired) electrons. The summed E-state index contributed by atoms with van der Waals surface area (Å²) in [7, 11) is 0. The second-order valence-corrected chi connectivity index (χ2v) is 38.6. The Labute approximate surface area is 839 Å². The smallest absolute Gasteiger partial charge is 0.217 e. The fourth-order valence-corrected chi connectivity index (χ4v) is 19.7. The molecule has 0 saturated carbocycles. The van der Waals surface area contributed by atoms with Crippen molar-refractivity contribution in [1.29, 1.82) is 0 Å². The minimum Gasteiger partial charge on any atom is -0.394 e. The highest BCUT2D eigenvalue weighted by molar-refractivity contribution is 5.74. The number of carbonyl (C=O) groups excluding carboxylic acids is 3. The van der Waals surface area contributed by atoms with E-state index in [1.165, 1.54) is 34.6 Å². The first kappa shape index (κ1) is 121. The summed E-state index contributed by atoms with van der Waals surface area (Å²) in [5, 5.41) is 381. The Morgan fingerprint density at radius 2 is 0.405 bits per heavy atom. The first-order valence-corrected chi connectivity index (χ1v) is 48.0. The Bertz CT molecular complexity index is 4110. The predicted molar refractivity (Wildman–Crippen MR) is 455 cm³/mol. The van der Waals surface area contributed by atoms with E-state index in [0.717, 1.165) is 20.8 Å². The molecule has 0 aliphatic carbocycles. The monoisotopic (exact) mass is 2170 g/mol. The zero-order valence-corrected chi connectivity index (χ0v) is 80.4. The maximum Gasteiger partial charge on any atom is 0.217 e. The highest BCUT2D eigenvalue weighted by Crippen LogP contribution is 2.45. The SMILES string of the molecule is CC(=O)N[C@H]1[C@H](OC[C@H]2O[C@@H](O[C@H]3[C@H](O)[C@@H](O)C(O)O[C@@H]3CO)[C@H](O)[C@@H](O[C@@H]3O[C@H](CO)[C@@H](O[C@@H]4O[C@H](CO)[C@H](O)[C@H](O)[C@H]4O[C@@H]4O[C@@H](C)[C@@H](O)[C@@H](O)[C@@H]4O)[C@H](O[C@@H]4O[C@@H](C)[C@@H](O)[C@@H](O)[C@@H]4O)[C@H]3NC(C)=O)[C@H]2O)O[C@H](CO)[C@@H](OC2O[C@H](CO)[C@H](O)[C@H](O[C@@H]3O[C@H](CO)[C@@H](O[C@@H]4O[C@H](CO)[C@H](O)[C@H](O)[C@H]4O[C@@H]4O[C@@H](C)[C@@H](O)[C@@H](O)[C@@H]4O)[C@H](O[C@@H]4O[C@@H](C)[C@@H](O)[C@@H](O)[C@@H]4O)[C@H]3NC(C)=O)[C@H]2O)[C@@H]1O[C@@H]1O[C@@H](C)[C@@H](O)[C@@H](O)[C@@H]1O. The molecule has 0 aromatic rings. The lowest BCUT2D eigenvalue weighted by molar-refractivity contribution is -0.404. The molecule has 858 valence electrons. The summed E-state index contributed by atoms with van der Waals surface area (Å²) in [5.74, 6) is -3.23. The maximum atomic E-state index is 14.0. The Kier molecular flexibility index (Phi) is 42.4. The molecular weight excluding hydrogens is 2030 g/mol. The van der Waals surface area contributed by atoms with Gasteiger partial charge in [0.2, 0.25) is 17.7 Å². The fourth-order valence-electron chi connectivity index (χ4n) is 19.7. The molecule has 148 heavy (non-hydrogen) atoms. The average Bonchev–Trinajstić information content (AvgIpc) is 0.747. The zero-order valence-electron chi connectivity index (χ0n) is 80.4. The number of ether oxygens (including phenoxy) is 25. The molecule has 13 aliphatic rings. The van der Waals surface area contributed by atoms with Gasteiger partial charge in [0.1, 0.15) is 287 Å². The van der Waals surface area contributed by atoms with E-state index in [-0.39, 0.29) is 0 Å². The van der Waals surface area contributed by atoms with Crippen LogP contribution in [0.2, 0.25) is 0 Å². The number of carbonyl (C=O) groups is 3. The third kappa shape index (κ3) is 25.8. The van der Waals surface area contributed by atoms with Crippen molar-refractivity contribution in [2.24, 2.45) is 0 Å². The van der Waals surface area contributed by atoms with Gasteiger partial charge in [-0.3, -0.25) is 14.4 Å². The Balaban J connectivity index is 0.838. The van der Waals surface area contributed by atoms with E-state index < -0.39 is 470 Å². The Hall–Kier alpha value is -3.91. The van der Waals surface area contributed by atoms with E-state index in [2.05, 4.69) is 16.0 Å². The number of nitrogens with one attached hydrogen (secondary N) is 3. The fraction of sp³-hybridized carbons (Fsp3) is 0.964. The molecule has 0 aromatic carbocycles. The zero-order chi connectivity index (χ0) is 109. The van der Waals surface area contributed by atoms with Gasteiger partial charge in [-0.1, -0.05) is 0 Å². The van der Waals surface area contributed by atoms with Crippen LogP contribution >= 0.6 is 0 Å². The summed E-state index contributed by atoms with van der Waals surface area (Å²) in [6.07, 6.45) is -131. The van der Waals surface area contributed by atoms with Gasteiger partial charge in [-0.15, -0.1) is 0 Å². The van der Waals surface area contributed by atoms with Crippen LogP contribution in [0.3, 0.4) is 0 Å². The van der Waals surface area contributed by atoms with Crippen molar-refractivity contribution in [2.45, 2.75) is 454 Å². The molecule has 13 rings (SSSR count). The lowest BCUT2D eigenvalue weighted by atomic mass is 9.93. The number of hydrogen-bond acceptors (Lipinski definition) is 61. The lowest BCUT2D eigenvalue weighted by Crippen LogP contribution is -2.72. The molecule has 64 nitrogen and oxygen atoms in total.